The average Bonchev–Trinajstić information content (AvgIpc) is 3.30. The molecule has 5 rings (SSSR count). The van der Waals surface area contributed by atoms with Gasteiger partial charge in [0.05, 0.1) is 24.5 Å². The lowest BCUT2D eigenvalue weighted by Crippen LogP contribution is -2.54. The van der Waals surface area contributed by atoms with Crippen molar-refractivity contribution in [2.24, 2.45) is 11.8 Å². The number of carbonyl (C=O) groups excluding carboxylic acids is 3. The molecule has 0 bridgehead atoms. The van der Waals surface area contributed by atoms with E-state index in [9.17, 15) is 19.5 Å². The third-order valence-corrected chi connectivity index (χ3v) is 6.35. The van der Waals surface area contributed by atoms with Gasteiger partial charge in [0, 0.05) is 17.3 Å². The van der Waals surface area contributed by atoms with Gasteiger partial charge in [0.25, 0.3) is 0 Å². The Morgan fingerprint density at radius 3 is 2.45 bits per heavy atom. The lowest BCUT2D eigenvalue weighted by molar-refractivity contribution is -0.143. The molecule has 0 saturated carbocycles. The molecule has 3 aliphatic heterocycles. The number of benzene rings is 2. The Kier molecular flexibility index (Phi) is 3.88. The number of hydrogen-bond acceptors (Lipinski definition) is 5. The van der Waals surface area contributed by atoms with Crippen molar-refractivity contribution in [1.29, 1.82) is 0 Å². The van der Waals surface area contributed by atoms with Gasteiger partial charge in [-0.2, -0.15) is 0 Å². The van der Waals surface area contributed by atoms with Crippen LogP contribution in [0.4, 0.5) is 5.69 Å². The smallest absolute Gasteiger partial charge is 0.250 e. The second-order valence-corrected chi connectivity index (χ2v) is 7.97. The van der Waals surface area contributed by atoms with Crippen LogP contribution < -0.4 is 10.6 Å². The van der Waals surface area contributed by atoms with E-state index in [1.807, 2.05) is 30.3 Å². The molecule has 2 fully saturated rings. The summed E-state index contributed by atoms with van der Waals surface area (Å²) in [7, 11) is 0. The molecule has 7 nitrogen and oxygen atoms in total. The zero-order valence-corrected chi connectivity index (χ0v) is 15.8. The Morgan fingerprint density at radius 1 is 1.03 bits per heavy atom. The predicted octanol–water partition coefficient (Wildman–Crippen LogP) is 0.988. The molecule has 0 aliphatic carbocycles. The van der Waals surface area contributed by atoms with Gasteiger partial charge in [0.2, 0.25) is 17.7 Å². The minimum atomic E-state index is -1.36. The fourth-order valence-corrected chi connectivity index (χ4v) is 5.08. The first kappa shape index (κ1) is 18.0. The topological polar surface area (TPSA) is 98.7 Å². The molecule has 1 spiro atoms. The van der Waals surface area contributed by atoms with Gasteiger partial charge < -0.3 is 10.4 Å². The molecule has 2 aromatic rings. The standard InChI is InChI=1S/C22H21N3O4/c1-12(26)18-16-17(20(28)25(19(16)27)11-13-7-3-2-4-8-13)22(24-18)14-9-5-6-10-15(14)23-21(22)29/h2-10,12,16-18,24,26H,11H2,1H3,(H,23,29)/t12-,16-,17-,18-,22-/m0/s1. The fraction of sp³-hybridized carbons (Fsp3) is 0.318. The molecule has 148 valence electrons. The summed E-state index contributed by atoms with van der Waals surface area (Å²) in [5, 5.41) is 16.4. The predicted molar refractivity (Wildman–Crippen MR) is 104 cm³/mol. The number of nitrogens with one attached hydrogen (secondary N) is 2. The van der Waals surface area contributed by atoms with E-state index in [1.54, 1.807) is 31.2 Å². The summed E-state index contributed by atoms with van der Waals surface area (Å²) >= 11 is 0. The van der Waals surface area contributed by atoms with Crippen molar-refractivity contribution in [3.8, 4) is 0 Å². The summed E-state index contributed by atoms with van der Waals surface area (Å²) in [6.45, 7) is 1.72. The number of carbonyl (C=O) groups is 3. The third-order valence-electron chi connectivity index (χ3n) is 6.35. The number of anilines is 1. The zero-order chi connectivity index (χ0) is 20.3. The van der Waals surface area contributed by atoms with Crippen LogP contribution in [0, 0.1) is 11.8 Å². The minimum absolute atomic E-state index is 0.150. The van der Waals surface area contributed by atoms with Crippen molar-refractivity contribution in [3.63, 3.8) is 0 Å². The number of rotatable bonds is 3. The van der Waals surface area contributed by atoms with Gasteiger partial charge >= 0.3 is 0 Å². The highest BCUT2D eigenvalue weighted by Crippen LogP contribution is 2.53. The SMILES string of the molecule is C[C@H](O)[C@@H]1N[C@]2(C(=O)Nc3ccccc32)[C@@H]2C(=O)N(Cc3ccccc3)C(=O)[C@H]12. The van der Waals surface area contributed by atoms with E-state index >= 15 is 0 Å². The molecule has 2 aromatic carbocycles. The molecule has 29 heavy (non-hydrogen) atoms. The highest BCUT2D eigenvalue weighted by molar-refractivity contribution is 6.15. The van der Waals surface area contributed by atoms with Crippen molar-refractivity contribution in [3.05, 3.63) is 65.7 Å². The minimum Gasteiger partial charge on any atom is -0.392 e. The molecule has 5 atom stereocenters. The van der Waals surface area contributed by atoms with Gasteiger partial charge in [0.1, 0.15) is 5.54 Å². The fourth-order valence-electron chi connectivity index (χ4n) is 5.08. The van der Waals surface area contributed by atoms with Crippen molar-refractivity contribution < 1.29 is 19.5 Å². The number of likely N-dealkylation sites (tertiary alicyclic amines) is 1. The van der Waals surface area contributed by atoms with Crippen molar-refractivity contribution in [2.75, 3.05) is 5.32 Å². The van der Waals surface area contributed by atoms with Crippen LogP contribution in [-0.2, 0) is 26.5 Å². The Bertz CT molecular complexity index is 1020. The Hall–Kier alpha value is -3.03. The van der Waals surface area contributed by atoms with Crippen LogP contribution in [0.25, 0.3) is 0 Å². The van der Waals surface area contributed by atoms with Crippen LogP contribution in [0.3, 0.4) is 0 Å². The maximum absolute atomic E-state index is 13.5. The second-order valence-electron chi connectivity index (χ2n) is 7.97. The third kappa shape index (κ3) is 2.34. The summed E-state index contributed by atoms with van der Waals surface area (Å²) < 4.78 is 0. The molecular formula is C22H21N3O4. The number of aliphatic hydroxyl groups is 1. The van der Waals surface area contributed by atoms with Gasteiger partial charge in [-0.1, -0.05) is 48.5 Å². The molecule has 0 radical (unpaired) electrons. The van der Waals surface area contributed by atoms with E-state index < -0.39 is 29.5 Å². The molecular weight excluding hydrogens is 370 g/mol. The van der Waals surface area contributed by atoms with Crippen LogP contribution in [0.1, 0.15) is 18.1 Å². The van der Waals surface area contributed by atoms with Crippen LogP contribution in [0.2, 0.25) is 0 Å². The lowest BCUT2D eigenvalue weighted by atomic mass is 9.76. The maximum Gasteiger partial charge on any atom is 0.250 e. The number of imide groups is 1. The second kappa shape index (κ2) is 6.23. The Labute approximate surface area is 167 Å². The van der Waals surface area contributed by atoms with Crippen molar-refractivity contribution in [1.82, 2.24) is 10.2 Å². The number of aliphatic hydroxyl groups excluding tert-OH is 1. The first-order chi connectivity index (χ1) is 13.9. The first-order valence-electron chi connectivity index (χ1n) is 9.71. The van der Waals surface area contributed by atoms with Crippen LogP contribution >= 0.6 is 0 Å². The number of hydrogen-bond donors (Lipinski definition) is 3. The molecule has 0 unspecified atom stereocenters. The van der Waals surface area contributed by atoms with Gasteiger partial charge in [-0.3, -0.25) is 24.6 Å². The summed E-state index contributed by atoms with van der Waals surface area (Å²) in [6.07, 6.45) is -0.907. The van der Waals surface area contributed by atoms with E-state index in [2.05, 4.69) is 10.6 Å². The number of nitrogens with zero attached hydrogens (tertiary/aromatic N) is 1. The van der Waals surface area contributed by atoms with E-state index in [4.69, 9.17) is 0 Å². The molecule has 3 amide bonds. The zero-order valence-electron chi connectivity index (χ0n) is 15.8. The normalized spacial score (nSPS) is 31.2. The maximum atomic E-state index is 13.5. The number of para-hydroxylation sites is 1. The molecule has 2 saturated heterocycles. The first-order valence-corrected chi connectivity index (χ1v) is 9.71. The quantitative estimate of drug-likeness (QED) is 0.678. The van der Waals surface area contributed by atoms with Gasteiger partial charge in [0.15, 0.2) is 0 Å². The van der Waals surface area contributed by atoms with E-state index in [-0.39, 0.29) is 24.3 Å². The van der Waals surface area contributed by atoms with Crippen molar-refractivity contribution >= 4 is 23.4 Å². The van der Waals surface area contributed by atoms with Gasteiger partial charge in [-0.25, -0.2) is 0 Å². The largest absolute Gasteiger partial charge is 0.392 e. The summed E-state index contributed by atoms with van der Waals surface area (Å²) in [6, 6.07) is 15.8. The summed E-state index contributed by atoms with van der Waals surface area (Å²) in [4.78, 5) is 41.2. The monoisotopic (exact) mass is 391 g/mol. The Morgan fingerprint density at radius 2 is 1.72 bits per heavy atom. The highest BCUT2D eigenvalue weighted by Gasteiger charge is 2.70. The molecule has 3 heterocycles. The molecule has 0 aromatic heterocycles. The van der Waals surface area contributed by atoms with Gasteiger partial charge in [-0.15, -0.1) is 0 Å². The lowest BCUT2D eigenvalue weighted by Gasteiger charge is -2.30. The number of fused-ring (bicyclic) bond motifs is 4. The van der Waals surface area contributed by atoms with Crippen molar-refractivity contribution in [2.45, 2.75) is 31.2 Å². The van der Waals surface area contributed by atoms with Crippen LogP contribution in [-0.4, -0.2) is 39.9 Å². The van der Waals surface area contributed by atoms with E-state index in [0.29, 0.717) is 11.3 Å². The van der Waals surface area contributed by atoms with Gasteiger partial charge in [-0.05, 0) is 18.6 Å². The molecule has 7 heteroatoms. The van der Waals surface area contributed by atoms with E-state index in [1.165, 1.54) is 4.90 Å². The molecule has 3 N–H and O–H groups in total. The summed E-state index contributed by atoms with van der Waals surface area (Å²) in [5.74, 6) is -2.80. The average molecular weight is 391 g/mol. The molecule has 3 aliphatic rings. The van der Waals surface area contributed by atoms with E-state index in [0.717, 1.165) is 5.56 Å². The van der Waals surface area contributed by atoms with Crippen LogP contribution in [0.15, 0.2) is 54.6 Å². The highest BCUT2D eigenvalue weighted by atomic mass is 16.3. The number of amides is 3. The Balaban J connectivity index is 1.62. The summed E-state index contributed by atoms with van der Waals surface area (Å²) in [5.41, 5.74) is 0.741. The van der Waals surface area contributed by atoms with Crippen LogP contribution in [0.5, 0.6) is 0 Å².